The van der Waals surface area contributed by atoms with E-state index >= 15 is 4.39 Å². The van der Waals surface area contributed by atoms with Crippen LogP contribution in [0.3, 0.4) is 0 Å². The predicted octanol–water partition coefficient (Wildman–Crippen LogP) is 0.184. The summed E-state index contributed by atoms with van der Waals surface area (Å²) in [6, 6.07) is 1.38. The summed E-state index contributed by atoms with van der Waals surface area (Å²) in [7, 11) is -17.3. The minimum atomic E-state index is -5.87. The number of aliphatic hydroxyl groups excluding tert-OH is 1. The van der Waals surface area contributed by atoms with Crippen LogP contribution < -0.4 is 0 Å². The number of alkyl halides is 1. The summed E-state index contributed by atoms with van der Waals surface area (Å²) in [5.41, 5.74) is -2.36. The second-order valence-electron chi connectivity index (χ2n) is 6.25. The highest BCUT2D eigenvalue weighted by Crippen LogP contribution is 2.66. The topological polar surface area (TPSA) is 227 Å². The molecule has 1 saturated heterocycles. The van der Waals surface area contributed by atoms with Crippen LogP contribution in [0.15, 0.2) is 12.3 Å². The van der Waals surface area contributed by atoms with Crippen LogP contribution in [0.2, 0.25) is 0 Å². The third-order valence-electron chi connectivity index (χ3n) is 3.80. The molecule has 0 aromatic carbocycles. The van der Waals surface area contributed by atoms with Crippen molar-refractivity contribution in [2.24, 2.45) is 0 Å². The third-order valence-corrected chi connectivity index (χ3v) is 7.89. The lowest BCUT2D eigenvalue weighted by molar-refractivity contribution is -0.204. The monoisotopic (exact) mass is 540 g/mol. The minimum Gasteiger partial charge on any atom is -0.383 e. The molecule has 2 heterocycles. The average Bonchev–Trinajstić information content (AvgIpc) is 2.80. The lowest BCUT2D eigenvalue weighted by atomic mass is 9.94. The first-order valence-electron chi connectivity index (χ1n) is 7.93. The third kappa shape index (κ3) is 6.15. The van der Waals surface area contributed by atoms with E-state index in [-0.39, 0.29) is 4.77 Å². The van der Waals surface area contributed by atoms with Crippen molar-refractivity contribution in [1.29, 1.82) is 0 Å². The van der Waals surface area contributed by atoms with E-state index in [1.54, 1.807) is 12.8 Å². The number of hydrogen-bond acceptors (Lipinski definition) is 11. The van der Waals surface area contributed by atoms with Gasteiger partial charge in [0, 0.05) is 11.9 Å². The van der Waals surface area contributed by atoms with Gasteiger partial charge in [0.05, 0.1) is 0 Å². The van der Waals surface area contributed by atoms with Crippen LogP contribution in [0, 0.1) is 24.0 Å². The number of nitrogens with zero attached hydrogens (tertiary/aromatic N) is 2. The number of aliphatic hydroxyl groups is 2. The van der Waals surface area contributed by atoms with Crippen molar-refractivity contribution >= 4 is 35.7 Å². The Bertz CT molecular complexity index is 1140. The fourth-order valence-corrected chi connectivity index (χ4v) is 5.82. The van der Waals surface area contributed by atoms with Gasteiger partial charge in [-0.2, -0.15) is 8.62 Å². The Labute approximate surface area is 183 Å². The van der Waals surface area contributed by atoms with Crippen LogP contribution >= 0.6 is 35.7 Å². The van der Waals surface area contributed by atoms with E-state index in [0.717, 1.165) is 4.57 Å². The van der Waals surface area contributed by atoms with E-state index in [2.05, 4.69) is 18.1 Å². The molecule has 15 nitrogen and oxygen atoms in total. The summed E-state index contributed by atoms with van der Waals surface area (Å²) in [5, 5.41) is 20.8. The number of phosphoric acid groups is 3. The molecular formula is C12H16FN2O13P3S. The zero-order valence-corrected chi connectivity index (χ0v) is 19.2. The molecule has 0 bridgehead atoms. The first-order valence-corrected chi connectivity index (χ1v) is 12.9. The van der Waals surface area contributed by atoms with Gasteiger partial charge in [0.25, 0.3) is 5.85 Å². The average molecular weight is 540 g/mol. The molecule has 6 unspecified atom stereocenters. The van der Waals surface area contributed by atoms with E-state index in [1.165, 1.54) is 12.3 Å². The van der Waals surface area contributed by atoms with Crippen molar-refractivity contribution in [3.63, 3.8) is 0 Å². The van der Waals surface area contributed by atoms with Gasteiger partial charge < -0.3 is 34.5 Å². The van der Waals surface area contributed by atoms with E-state index in [9.17, 15) is 28.8 Å². The van der Waals surface area contributed by atoms with Gasteiger partial charge in [-0.25, -0.2) is 23.1 Å². The highest BCUT2D eigenvalue weighted by atomic mass is 32.1. The van der Waals surface area contributed by atoms with Gasteiger partial charge in [-0.15, -0.1) is 6.42 Å². The molecule has 2 rings (SSSR count). The van der Waals surface area contributed by atoms with Crippen LogP contribution in [-0.2, 0) is 31.6 Å². The van der Waals surface area contributed by atoms with Crippen molar-refractivity contribution in [2.75, 3.05) is 6.61 Å². The van der Waals surface area contributed by atoms with Crippen molar-refractivity contribution in [3.05, 3.63) is 22.7 Å². The van der Waals surface area contributed by atoms with E-state index in [4.69, 9.17) is 38.1 Å². The van der Waals surface area contributed by atoms with Gasteiger partial charge in [-0.05, 0) is 25.2 Å². The number of ether oxygens (including phenoxy) is 1. The molecule has 1 aromatic heterocycles. The van der Waals surface area contributed by atoms with E-state index in [1.807, 2.05) is 0 Å². The predicted molar refractivity (Wildman–Crippen MR) is 101 cm³/mol. The number of aryl methyl sites for hydroxylation is 1. The fourth-order valence-electron chi connectivity index (χ4n) is 2.48. The van der Waals surface area contributed by atoms with Gasteiger partial charge in [0.15, 0.2) is 12.3 Å². The molecule has 1 aliphatic rings. The number of phosphoric ester groups is 1. The Morgan fingerprint density at radius 1 is 1.31 bits per heavy atom. The first kappa shape index (κ1) is 27.3. The van der Waals surface area contributed by atoms with Crippen LogP contribution in [0.1, 0.15) is 11.9 Å². The Morgan fingerprint density at radius 3 is 2.41 bits per heavy atom. The molecule has 0 radical (unpaired) electrons. The van der Waals surface area contributed by atoms with Gasteiger partial charge >= 0.3 is 23.5 Å². The number of terminal acetylenes is 1. The largest absolute Gasteiger partial charge is 0.490 e. The molecule has 0 aliphatic carbocycles. The van der Waals surface area contributed by atoms with Crippen LogP contribution in [0.4, 0.5) is 4.39 Å². The Hall–Kier alpha value is -0.920. The SMILES string of the molecule is C#CC1(O)C(n2ccc(C)nc2=S)OC(F)(COP(=O)(O)OP(=O)(O)OP(=O)(O)O)C1O. The second kappa shape index (κ2) is 9.03. The standard InChI is InChI=1S/C12H16FN2O13P3S/c1-3-11(17)8(16)12(13,26-9(11)15-5-4-7(2)14-10(15)32)6-25-30(21,22)28-31(23,24)27-29(18,19)20/h1,4-5,8-9,16-17H,6H2,2H3,(H,21,22)(H,23,24)(H2,18,19,20). The molecule has 0 spiro atoms. The maximum Gasteiger partial charge on any atom is 0.490 e. The fraction of sp³-hybridized carbons (Fsp3) is 0.500. The highest BCUT2D eigenvalue weighted by molar-refractivity contribution is 7.71. The van der Waals surface area contributed by atoms with Crippen molar-refractivity contribution in [1.82, 2.24) is 9.55 Å². The van der Waals surface area contributed by atoms with E-state index in [0.29, 0.717) is 5.69 Å². The lowest BCUT2D eigenvalue weighted by Gasteiger charge is -2.27. The van der Waals surface area contributed by atoms with Crippen molar-refractivity contribution < 1.29 is 65.8 Å². The normalized spacial score (nSPS) is 32.1. The van der Waals surface area contributed by atoms with Crippen LogP contribution in [-0.4, -0.2) is 63.5 Å². The van der Waals surface area contributed by atoms with Gasteiger partial charge in [0.1, 0.15) is 6.61 Å². The molecule has 0 amide bonds. The Morgan fingerprint density at radius 2 is 1.91 bits per heavy atom. The second-order valence-corrected chi connectivity index (χ2v) is 11.0. The molecule has 20 heteroatoms. The molecule has 180 valence electrons. The summed E-state index contributed by atoms with van der Waals surface area (Å²) in [5.74, 6) is -1.78. The summed E-state index contributed by atoms with van der Waals surface area (Å²) in [6.07, 6.45) is 1.88. The number of halogens is 1. The summed E-state index contributed by atoms with van der Waals surface area (Å²) >= 11 is 4.98. The molecular weight excluding hydrogens is 524 g/mol. The molecule has 32 heavy (non-hydrogen) atoms. The van der Waals surface area contributed by atoms with E-state index < -0.39 is 53.9 Å². The van der Waals surface area contributed by atoms with Gasteiger partial charge in [0.2, 0.25) is 10.4 Å². The number of rotatable bonds is 8. The van der Waals surface area contributed by atoms with Gasteiger partial charge in [-0.1, -0.05) is 5.92 Å². The zero-order valence-electron chi connectivity index (χ0n) is 15.7. The maximum atomic E-state index is 15.3. The molecule has 6 atom stereocenters. The number of aromatic nitrogens is 2. The molecule has 1 fully saturated rings. The Kier molecular flexibility index (Phi) is 7.71. The molecule has 0 saturated carbocycles. The van der Waals surface area contributed by atoms with Gasteiger partial charge in [-0.3, -0.25) is 9.09 Å². The van der Waals surface area contributed by atoms with Crippen LogP contribution in [0.5, 0.6) is 0 Å². The molecule has 1 aromatic rings. The lowest BCUT2D eigenvalue weighted by Crippen LogP contribution is -2.50. The summed E-state index contributed by atoms with van der Waals surface area (Å²) < 4.78 is 65.7. The van der Waals surface area contributed by atoms with Crippen LogP contribution in [0.25, 0.3) is 0 Å². The minimum absolute atomic E-state index is 0.243. The molecule has 1 aliphatic heterocycles. The summed E-state index contributed by atoms with van der Waals surface area (Å²) in [6.45, 7) is -0.162. The van der Waals surface area contributed by atoms with Crippen molar-refractivity contribution in [3.8, 4) is 12.3 Å². The first-order chi connectivity index (χ1) is 14.3. The maximum absolute atomic E-state index is 15.3. The highest BCUT2D eigenvalue weighted by Gasteiger charge is 2.65. The Balaban J connectivity index is 2.27. The number of hydrogen-bond donors (Lipinski definition) is 6. The quantitative estimate of drug-likeness (QED) is 0.147. The molecule has 6 N–H and O–H groups in total. The smallest absolute Gasteiger partial charge is 0.383 e. The zero-order chi connectivity index (χ0) is 24.8. The van der Waals surface area contributed by atoms with Crippen molar-refractivity contribution in [2.45, 2.75) is 30.7 Å². The summed E-state index contributed by atoms with van der Waals surface area (Å²) in [4.78, 5) is 39.4.